The van der Waals surface area contributed by atoms with Crippen LogP contribution in [0.5, 0.6) is 17.2 Å². The molecule has 0 aliphatic carbocycles. The molecule has 0 aromatic heterocycles. The van der Waals surface area contributed by atoms with E-state index in [1.165, 1.54) is 26.4 Å². The second-order valence-corrected chi connectivity index (χ2v) is 4.15. The van der Waals surface area contributed by atoms with Crippen LogP contribution in [0.2, 0.25) is 0 Å². The molecule has 1 aromatic carbocycles. The van der Waals surface area contributed by atoms with Gasteiger partial charge in [0.1, 0.15) is 0 Å². The summed E-state index contributed by atoms with van der Waals surface area (Å²) in [7, 11) is 2.79. The lowest BCUT2D eigenvalue weighted by molar-refractivity contribution is 0.0952. The molecular weight excluding hydrogens is 276 g/mol. The summed E-state index contributed by atoms with van der Waals surface area (Å²) in [5.74, 6) is -0.102. The summed E-state index contributed by atoms with van der Waals surface area (Å²) in [5, 5.41) is 12.5. The van der Waals surface area contributed by atoms with Crippen LogP contribution in [0.1, 0.15) is 16.8 Å². The van der Waals surface area contributed by atoms with Gasteiger partial charge in [-0.2, -0.15) is 0 Å². The number of hydrogen-bond acceptors (Lipinski definition) is 5. The van der Waals surface area contributed by atoms with Gasteiger partial charge in [0, 0.05) is 18.7 Å². The Bertz CT molecular complexity index is 502. The van der Waals surface area contributed by atoms with Crippen molar-refractivity contribution in [2.75, 3.05) is 27.3 Å². The van der Waals surface area contributed by atoms with Gasteiger partial charge in [-0.3, -0.25) is 9.79 Å². The van der Waals surface area contributed by atoms with E-state index in [2.05, 4.69) is 10.3 Å². The van der Waals surface area contributed by atoms with Crippen LogP contribution in [-0.2, 0) is 0 Å². The molecule has 6 N–H and O–H groups in total. The third-order valence-corrected chi connectivity index (χ3v) is 2.66. The number of rotatable bonds is 7. The monoisotopic (exact) mass is 296 g/mol. The Morgan fingerprint density at radius 1 is 1.29 bits per heavy atom. The first-order valence-corrected chi connectivity index (χ1v) is 6.28. The summed E-state index contributed by atoms with van der Waals surface area (Å²) >= 11 is 0. The lowest BCUT2D eigenvalue weighted by Crippen LogP contribution is -2.26. The zero-order valence-corrected chi connectivity index (χ0v) is 12.0. The van der Waals surface area contributed by atoms with Crippen LogP contribution in [-0.4, -0.2) is 44.3 Å². The van der Waals surface area contributed by atoms with Crippen molar-refractivity contribution in [1.82, 2.24) is 5.32 Å². The summed E-state index contributed by atoms with van der Waals surface area (Å²) in [6.45, 7) is 0.853. The molecule has 0 spiro atoms. The molecular formula is C13H20N4O4. The van der Waals surface area contributed by atoms with Gasteiger partial charge in [-0.15, -0.1) is 0 Å². The number of hydrogen-bond donors (Lipinski definition) is 4. The van der Waals surface area contributed by atoms with Crippen LogP contribution < -0.4 is 26.3 Å². The lowest BCUT2D eigenvalue weighted by atomic mass is 10.1. The summed E-state index contributed by atoms with van der Waals surface area (Å²) in [4.78, 5) is 15.8. The van der Waals surface area contributed by atoms with Gasteiger partial charge in [0.05, 0.1) is 14.2 Å². The zero-order chi connectivity index (χ0) is 15.8. The fourth-order valence-electron chi connectivity index (χ4n) is 1.62. The molecule has 0 unspecified atom stereocenters. The smallest absolute Gasteiger partial charge is 0.251 e. The number of carbonyl (C=O) groups excluding carboxylic acids is 1. The van der Waals surface area contributed by atoms with Gasteiger partial charge in [0.15, 0.2) is 17.5 Å². The lowest BCUT2D eigenvalue weighted by Gasteiger charge is -2.11. The Hall–Kier alpha value is -2.64. The quantitative estimate of drug-likeness (QED) is 0.313. The van der Waals surface area contributed by atoms with Gasteiger partial charge in [-0.25, -0.2) is 0 Å². The zero-order valence-electron chi connectivity index (χ0n) is 12.0. The number of phenolic OH excluding ortho intramolecular Hbond substituents is 1. The standard InChI is InChI=1S/C13H20N4O4/c1-20-9-6-8(7-10(21-2)11(9)18)12(19)16-4-3-5-17-13(14)15/h6-7,18H,3-5H2,1-2H3,(H,16,19)(H4,14,15,17). The van der Waals surface area contributed by atoms with E-state index in [4.69, 9.17) is 20.9 Å². The number of aromatic hydroxyl groups is 1. The van der Waals surface area contributed by atoms with Crippen molar-refractivity contribution in [1.29, 1.82) is 0 Å². The van der Waals surface area contributed by atoms with Gasteiger partial charge in [0.2, 0.25) is 5.75 Å². The van der Waals surface area contributed by atoms with Crippen LogP contribution in [0.3, 0.4) is 0 Å². The van der Waals surface area contributed by atoms with Gasteiger partial charge in [-0.05, 0) is 18.6 Å². The normalized spacial score (nSPS) is 9.81. The van der Waals surface area contributed by atoms with Gasteiger partial charge in [-0.1, -0.05) is 0 Å². The topological polar surface area (TPSA) is 132 Å². The van der Waals surface area contributed by atoms with Crippen molar-refractivity contribution in [3.8, 4) is 17.2 Å². The highest BCUT2D eigenvalue weighted by Gasteiger charge is 2.15. The molecule has 1 aromatic rings. The van der Waals surface area contributed by atoms with Crippen LogP contribution in [0.25, 0.3) is 0 Å². The van der Waals surface area contributed by atoms with Crippen LogP contribution in [0, 0.1) is 0 Å². The number of methoxy groups -OCH3 is 2. The molecule has 0 aliphatic rings. The highest BCUT2D eigenvalue weighted by molar-refractivity contribution is 5.95. The van der Waals surface area contributed by atoms with Crippen molar-refractivity contribution in [2.24, 2.45) is 16.5 Å². The molecule has 0 bridgehead atoms. The maximum atomic E-state index is 12.0. The largest absolute Gasteiger partial charge is 0.502 e. The minimum atomic E-state index is -0.309. The SMILES string of the molecule is COc1cc(C(=O)NCCCN=C(N)N)cc(OC)c1O. The third kappa shape index (κ3) is 4.75. The van der Waals surface area contributed by atoms with E-state index in [1.807, 2.05) is 0 Å². The molecule has 8 nitrogen and oxygen atoms in total. The third-order valence-electron chi connectivity index (χ3n) is 2.66. The second-order valence-electron chi connectivity index (χ2n) is 4.15. The second kappa shape index (κ2) is 7.83. The number of benzene rings is 1. The van der Waals surface area contributed by atoms with Crippen molar-refractivity contribution < 1.29 is 19.4 Å². The number of amides is 1. The Balaban J connectivity index is 2.68. The summed E-state index contributed by atoms with van der Waals surface area (Å²) in [6, 6.07) is 2.87. The molecule has 21 heavy (non-hydrogen) atoms. The molecule has 0 radical (unpaired) electrons. The maximum absolute atomic E-state index is 12.0. The van der Waals surface area contributed by atoms with Crippen LogP contribution in [0.4, 0.5) is 0 Å². The highest BCUT2D eigenvalue weighted by Crippen LogP contribution is 2.36. The Morgan fingerprint density at radius 3 is 2.33 bits per heavy atom. The number of guanidine groups is 1. The average molecular weight is 296 g/mol. The molecule has 1 amide bonds. The number of phenols is 1. The molecule has 0 heterocycles. The van der Waals surface area contributed by atoms with E-state index in [-0.39, 0.29) is 29.1 Å². The van der Waals surface area contributed by atoms with Crippen molar-refractivity contribution in [3.63, 3.8) is 0 Å². The Labute approximate surface area is 122 Å². The number of aliphatic imine (C=N–C) groups is 1. The molecule has 0 aliphatic heterocycles. The number of ether oxygens (including phenoxy) is 2. The molecule has 1 rings (SSSR count). The fraction of sp³-hybridized carbons (Fsp3) is 0.385. The van der Waals surface area contributed by atoms with Crippen molar-refractivity contribution in [2.45, 2.75) is 6.42 Å². The number of nitrogens with one attached hydrogen (secondary N) is 1. The maximum Gasteiger partial charge on any atom is 0.251 e. The van der Waals surface area contributed by atoms with Gasteiger partial charge >= 0.3 is 0 Å². The first kappa shape index (κ1) is 16.4. The Morgan fingerprint density at radius 2 is 1.86 bits per heavy atom. The summed E-state index contributed by atoms with van der Waals surface area (Å²) in [5.41, 5.74) is 10.7. The first-order valence-electron chi connectivity index (χ1n) is 6.28. The van der Waals surface area contributed by atoms with E-state index in [9.17, 15) is 9.90 Å². The number of nitrogens with two attached hydrogens (primary N) is 2. The predicted molar refractivity (Wildman–Crippen MR) is 78.8 cm³/mol. The Kier molecular flexibility index (Phi) is 6.12. The molecule has 0 saturated carbocycles. The molecule has 8 heteroatoms. The predicted octanol–water partition coefficient (Wildman–Crippen LogP) is -0.197. The minimum absolute atomic E-state index is 0.0225. The molecule has 0 saturated heterocycles. The summed E-state index contributed by atoms with van der Waals surface area (Å²) < 4.78 is 9.98. The van der Waals surface area contributed by atoms with E-state index in [1.54, 1.807) is 0 Å². The number of nitrogens with zero attached hydrogens (tertiary/aromatic N) is 1. The molecule has 0 fully saturated rings. The summed E-state index contributed by atoms with van der Waals surface area (Å²) in [6.07, 6.45) is 0.607. The fourth-order valence-corrected chi connectivity index (χ4v) is 1.62. The van der Waals surface area contributed by atoms with Gasteiger partial charge < -0.3 is 31.4 Å². The van der Waals surface area contributed by atoms with Crippen molar-refractivity contribution >= 4 is 11.9 Å². The van der Waals surface area contributed by atoms with Crippen molar-refractivity contribution in [3.05, 3.63) is 17.7 Å². The minimum Gasteiger partial charge on any atom is -0.502 e. The van der Waals surface area contributed by atoms with Gasteiger partial charge in [0.25, 0.3) is 5.91 Å². The van der Waals surface area contributed by atoms with E-state index < -0.39 is 0 Å². The van der Waals surface area contributed by atoms with E-state index in [0.29, 0.717) is 25.1 Å². The highest BCUT2D eigenvalue weighted by atomic mass is 16.5. The van der Waals surface area contributed by atoms with E-state index in [0.717, 1.165) is 0 Å². The van der Waals surface area contributed by atoms with Crippen LogP contribution >= 0.6 is 0 Å². The average Bonchev–Trinajstić information content (AvgIpc) is 2.46. The molecule has 116 valence electrons. The van der Waals surface area contributed by atoms with Crippen LogP contribution in [0.15, 0.2) is 17.1 Å². The molecule has 0 atom stereocenters. The number of carbonyl (C=O) groups is 1. The van der Waals surface area contributed by atoms with E-state index >= 15 is 0 Å². The first-order chi connectivity index (χ1) is 9.99.